The van der Waals surface area contributed by atoms with E-state index in [0.29, 0.717) is 13.2 Å². The number of hydrogen-bond acceptors (Lipinski definition) is 4. The Bertz CT molecular complexity index is 803. The summed E-state index contributed by atoms with van der Waals surface area (Å²) in [6.07, 6.45) is -1.96. The van der Waals surface area contributed by atoms with E-state index in [4.69, 9.17) is 9.47 Å². The number of rotatable bonds is 9. The molecule has 2 N–H and O–H groups in total. The van der Waals surface area contributed by atoms with Crippen molar-refractivity contribution in [2.75, 3.05) is 13.2 Å². The van der Waals surface area contributed by atoms with Gasteiger partial charge in [0.1, 0.15) is 12.2 Å². The van der Waals surface area contributed by atoms with Crippen molar-refractivity contribution in [3.8, 4) is 0 Å². The summed E-state index contributed by atoms with van der Waals surface area (Å²) in [6.45, 7) is 0.917. The molecule has 0 amide bonds. The van der Waals surface area contributed by atoms with E-state index < -0.39 is 12.2 Å². The first-order valence-corrected chi connectivity index (χ1v) is 8.75. The van der Waals surface area contributed by atoms with Crippen LogP contribution in [0.2, 0.25) is 0 Å². The van der Waals surface area contributed by atoms with Crippen LogP contribution in [0.3, 0.4) is 0 Å². The molecular weight excluding hydrogens is 328 g/mol. The minimum absolute atomic E-state index is 0.0582. The van der Waals surface area contributed by atoms with Crippen molar-refractivity contribution in [1.82, 2.24) is 0 Å². The molecule has 3 aromatic rings. The second kappa shape index (κ2) is 9.46. The van der Waals surface area contributed by atoms with Gasteiger partial charge < -0.3 is 19.7 Å². The molecule has 4 nitrogen and oxygen atoms in total. The summed E-state index contributed by atoms with van der Waals surface area (Å²) in [5.41, 5.74) is 2.06. The molecule has 0 saturated carbocycles. The average molecular weight is 352 g/mol. The molecule has 0 aliphatic heterocycles. The van der Waals surface area contributed by atoms with Gasteiger partial charge in [0.2, 0.25) is 0 Å². The van der Waals surface area contributed by atoms with E-state index in [9.17, 15) is 10.2 Å². The first-order valence-electron chi connectivity index (χ1n) is 8.75. The van der Waals surface area contributed by atoms with Gasteiger partial charge in [0.05, 0.1) is 26.4 Å². The van der Waals surface area contributed by atoms with Gasteiger partial charge in [-0.3, -0.25) is 0 Å². The molecule has 26 heavy (non-hydrogen) atoms. The zero-order valence-electron chi connectivity index (χ0n) is 14.6. The monoisotopic (exact) mass is 352 g/mol. The fourth-order valence-electron chi connectivity index (χ4n) is 2.72. The van der Waals surface area contributed by atoms with Crippen LogP contribution in [0.1, 0.15) is 11.1 Å². The summed E-state index contributed by atoms with van der Waals surface area (Å²) in [5, 5.41) is 22.3. The molecule has 0 spiro atoms. The predicted octanol–water partition coefficient (Wildman–Crippen LogP) is 3.30. The lowest BCUT2D eigenvalue weighted by Gasteiger charge is -2.18. The van der Waals surface area contributed by atoms with Gasteiger partial charge in [0.15, 0.2) is 0 Å². The number of ether oxygens (including phenoxy) is 2. The van der Waals surface area contributed by atoms with Crippen LogP contribution in [-0.4, -0.2) is 35.6 Å². The molecule has 0 aliphatic rings. The minimum atomic E-state index is -0.980. The molecule has 0 aromatic heterocycles. The molecule has 2 atom stereocenters. The van der Waals surface area contributed by atoms with Gasteiger partial charge in [0.25, 0.3) is 0 Å². The second-order valence-corrected chi connectivity index (χ2v) is 6.33. The third-order valence-electron chi connectivity index (χ3n) is 4.22. The van der Waals surface area contributed by atoms with Gasteiger partial charge >= 0.3 is 0 Å². The molecule has 136 valence electrons. The third kappa shape index (κ3) is 5.38. The Labute approximate surface area is 153 Å². The Balaban J connectivity index is 1.39. The van der Waals surface area contributed by atoms with Gasteiger partial charge in [0, 0.05) is 0 Å². The van der Waals surface area contributed by atoms with Gasteiger partial charge in [-0.2, -0.15) is 0 Å². The van der Waals surface area contributed by atoms with Gasteiger partial charge in [-0.05, 0) is 28.0 Å². The molecule has 3 rings (SSSR count). The lowest BCUT2D eigenvalue weighted by Crippen LogP contribution is -2.34. The van der Waals surface area contributed by atoms with Crippen LogP contribution in [0.5, 0.6) is 0 Å². The van der Waals surface area contributed by atoms with Crippen LogP contribution in [0.4, 0.5) is 0 Å². The first kappa shape index (κ1) is 18.5. The summed E-state index contributed by atoms with van der Waals surface area (Å²) in [4.78, 5) is 0. The Kier molecular flexibility index (Phi) is 6.75. The topological polar surface area (TPSA) is 58.9 Å². The molecule has 4 heteroatoms. The SMILES string of the molecule is O[C@H](COCc1ccccc1)[C@@H](O)COCc1ccc2ccccc2c1. The molecule has 0 unspecified atom stereocenters. The Morgan fingerprint density at radius 2 is 1.19 bits per heavy atom. The smallest absolute Gasteiger partial charge is 0.105 e. The maximum Gasteiger partial charge on any atom is 0.105 e. The van der Waals surface area contributed by atoms with Crippen molar-refractivity contribution in [3.63, 3.8) is 0 Å². The fourth-order valence-corrected chi connectivity index (χ4v) is 2.72. The van der Waals surface area contributed by atoms with Crippen molar-refractivity contribution in [2.45, 2.75) is 25.4 Å². The van der Waals surface area contributed by atoms with Crippen LogP contribution in [-0.2, 0) is 22.7 Å². The maximum atomic E-state index is 10.0. The predicted molar refractivity (Wildman–Crippen MR) is 102 cm³/mol. The second-order valence-electron chi connectivity index (χ2n) is 6.33. The summed E-state index contributed by atoms with van der Waals surface area (Å²) >= 11 is 0. The number of hydrogen-bond donors (Lipinski definition) is 2. The van der Waals surface area contributed by atoms with Crippen LogP contribution >= 0.6 is 0 Å². The highest BCUT2D eigenvalue weighted by Crippen LogP contribution is 2.16. The molecular formula is C22H24O4. The fraction of sp³-hybridized carbons (Fsp3) is 0.273. The summed E-state index contributed by atoms with van der Waals surface area (Å²) < 4.78 is 11.0. The van der Waals surface area contributed by atoms with Gasteiger partial charge in [-0.1, -0.05) is 66.7 Å². The first-order chi connectivity index (χ1) is 12.7. The quantitative estimate of drug-likeness (QED) is 0.620. The highest BCUT2D eigenvalue weighted by atomic mass is 16.5. The Hall–Kier alpha value is -2.24. The molecule has 0 heterocycles. The third-order valence-corrected chi connectivity index (χ3v) is 4.22. The molecule has 0 bridgehead atoms. The van der Waals surface area contributed by atoms with Crippen molar-refractivity contribution >= 4 is 10.8 Å². The van der Waals surface area contributed by atoms with Crippen LogP contribution in [0.15, 0.2) is 72.8 Å². The van der Waals surface area contributed by atoms with E-state index in [1.807, 2.05) is 48.5 Å². The lowest BCUT2D eigenvalue weighted by molar-refractivity contribution is -0.0758. The van der Waals surface area contributed by atoms with Crippen LogP contribution in [0.25, 0.3) is 10.8 Å². The van der Waals surface area contributed by atoms with E-state index in [-0.39, 0.29) is 13.2 Å². The standard InChI is InChI=1S/C22H24O4/c23-21(15-25-13-17-6-2-1-3-7-17)22(24)16-26-14-18-10-11-19-8-4-5-9-20(19)12-18/h1-12,21-24H,13-16H2/t21-,22+/m1/s1. The summed E-state index contributed by atoms with van der Waals surface area (Å²) in [7, 11) is 0. The molecule has 0 radical (unpaired) electrons. The summed E-state index contributed by atoms with van der Waals surface area (Å²) in [6, 6.07) is 24.0. The molecule has 0 saturated heterocycles. The maximum absolute atomic E-state index is 10.0. The van der Waals surface area contributed by atoms with Crippen molar-refractivity contribution < 1.29 is 19.7 Å². The zero-order chi connectivity index (χ0) is 18.2. The molecule has 0 fully saturated rings. The van der Waals surface area contributed by atoms with Crippen LogP contribution < -0.4 is 0 Å². The zero-order valence-corrected chi connectivity index (χ0v) is 14.6. The van der Waals surface area contributed by atoms with E-state index in [2.05, 4.69) is 24.3 Å². The van der Waals surface area contributed by atoms with Crippen LogP contribution in [0, 0.1) is 0 Å². The van der Waals surface area contributed by atoms with Gasteiger partial charge in [-0.15, -0.1) is 0 Å². The number of benzene rings is 3. The van der Waals surface area contributed by atoms with E-state index in [1.165, 1.54) is 5.39 Å². The van der Waals surface area contributed by atoms with Crippen molar-refractivity contribution in [2.24, 2.45) is 0 Å². The Morgan fingerprint density at radius 1 is 0.615 bits per heavy atom. The largest absolute Gasteiger partial charge is 0.388 e. The molecule has 0 aliphatic carbocycles. The Morgan fingerprint density at radius 3 is 1.88 bits per heavy atom. The van der Waals surface area contributed by atoms with Crippen molar-refractivity contribution in [1.29, 1.82) is 0 Å². The highest BCUT2D eigenvalue weighted by molar-refractivity contribution is 5.82. The van der Waals surface area contributed by atoms with E-state index in [1.54, 1.807) is 0 Å². The van der Waals surface area contributed by atoms with E-state index >= 15 is 0 Å². The number of aliphatic hydroxyl groups is 2. The average Bonchev–Trinajstić information content (AvgIpc) is 2.68. The van der Waals surface area contributed by atoms with E-state index in [0.717, 1.165) is 16.5 Å². The normalized spacial score (nSPS) is 13.6. The van der Waals surface area contributed by atoms with Crippen molar-refractivity contribution in [3.05, 3.63) is 83.9 Å². The van der Waals surface area contributed by atoms with Gasteiger partial charge in [-0.25, -0.2) is 0 Å². The minimum Gasteiger partial charge on any atom is -0.388 e. The number of fused-ring (bicyclic) bond motifs is 1. The molecule has 3 aromatic carbocycles. The number of aliphatic hydroxyl groups excluding tert-OH is 2. The highest BCUT2D eigenvalue weighted by Gasteiger charge is 2.16. The summed E-state index contributed by atoms with van der Waals surface area (Å²) in [5.74, 6) is 0. The lowest BCUT2D eigenvalue weighted by atomic mass is 10.1.